The van der Waals surface area contributed by atoms with Gasteiger partial charge in [0.15, 0.2) is 5.84 Å². The zero-order valence-corrected chi connectivity index (χ0v) is 12.0. The Kier molecular flexibility index (Phi) is 4.57. The van der Waals surface area contributed by atoms with Gasteiger partial charge in [0.25, 0.3) is 0 Å². The van der Waals surface area contributed by atoms with Crippen LogP contribution in [0.3, 0.4) is 0 Å². The minimum absolute atomic E-state index is 0.145. The molecule has 0 spiro atoms. The van der Waals surface area contributed by atoms with Crippen LogP contribution in [0, 0.1) is 5.82 Å². The highest BCUT2D eigenvalue weighted by atomic mass is 79.9. The molecule has 3 N–H and O–H groups in total. The van der Waals surface area contributed by atoms with Crippen molar-refractivity contribution < 1.29 is 14.3 Å². The lowest BCUT2D eigenvalue weighted by molar-refractivity contribution is 0.305. The van der Waals surface area contributed by atoms with Crippen molar-refractivity contribution >= 4 is 21.8 Å². The lowest BCUT2D eigenvalue weighted by atomic mass is 10.1. The summed E-state index contributed by atoms with van der Waals surface area (Å²) in [7, 11) is 0. The van der Waals surface area contributed by atoms with Crippen LogP contribution < -0.4 is 10.5 Å². The summed E-state index contributed by atoms with van der Waals surface area (Å²) in [6, 6.07) is 11.5. The Morgan fingerprint density at radius 3 is 2.80 bits per heavy atom. The fourth-order valence-electron chi connectivity index (χ4n) is 1.66. The highest BCUT2D eigenvalue weighted by molar-refractivity contribution is 9.10. The summed E-state index contributed by atoms with van der Waals surface area (Å²) in [5.74, 6) is 0.0455. The van der Waals surface area contributed by atoms with Crippen LogP contribution in [0.4, 0.5) is 4.39 Å². The number of hydrogen-bond donors (Lipinski definition) is 2. The molecule has 0 amide bonds. The molecule has 0 bridgehead atoms. The van der Waals surface area contributed by atoms with E-state index < -0.39 is 5.82 Å². The third-order valence-corrected chi connectivity index (χ3v) is 3.06. The molecule has 0 heterocycles. The van der Waals surface area contributed by atoms with Gasteiger partial charge in [-0.3, -0.25) is 0 Å². The van der Waals surface area contributed by atoms with Crippen molar-refractivity contribution in [3.05, 3.63) is 63.9 Å². The molecule has 0 fully saturated rings. The molecule has 20 heavy (non-hydrogen) atoms. The van der Waals surface area contributed by atoms with E-state index in [0.29, 0.717) is 16.9 Å². The molecule has 2 aromatic carbocycles. The number of oxime groups is 1. The largest absolute Gasteiger partial charge is 0.489 e. The molecule has 4 nitrogen and oxygen atoms in total. The quantitative estimate of drug-likeness (QED) is 0.389. The van der Waals surface area contributed by atoms with E-state index in [1.165, 1.54) is 12.1 Å². The summed E-state index contributed by atoms with van der Waals surface area (Å²) in [5, 5.41) is 11.5. The molecular formula is C14H12BrFN2O2. The predicted octanol–water partition coefficient (Wildman–Crippen LogP) is 3.26. The molecule has 0 radical (unpaired) electrons. The van der Waals surface area contributed by atoms with E-state index in [-0.39, 0.29) is 12.4 Å². The Labute approximate surface area is 123 Å². The normalized spacial score (nSPS) is 11.4. The Balaban J connectivity index is 2.15. The van der Waals surface area contributed by atoms with E-state index in [1.807, 2.05) is 18.2 Å². The third-order valence-electron chi connectivity index (χ3n) is 2.56. The summed E-state index contributed by atoms with van der Waals surface area (Å²) >= 11 is 3.34. The van der Waals surface area contributed by atoms with Gasteiger partial charge >= 0.3 is 0 Å². The Hall–Kier alpha value is -2.08. The second kappa shape index (κ2) is 6.38. The third kappa shape index (κ3) is 3.71. The lowest BCUT2D eigenvalue weighted by Crippen LogP contribution is -2.14. The molecule has 0 saturated carbocycles. The van der Waals surface area contributed by atoms with Gasteiger partial charge < -0.3 is 15.7 Å². The molecule has 0 atom stereocenters. The van der Waals surface area contributed by atoms with Crippen LogP contribution in [-0.2, 0) is 6.61 Å². The number of benzene rings is 2. The van der Waals surface area contributed by atoms with E-state index in [1.54, 1.807) is 12.1 Å². The van der Waals surface area contributed by atoms with Gasteiger partial charge in [-0.05, 0) is 42.0 Å². The standard InChI is InChI=1S/C14H12BrFN2O2/c15-11-2-1-3-13(7-11)20-8-9-4-10(14(17)18-19)6-12(16)5-9/h1-7,19H,8H2,(H2,17,18). The monoisotopic (exact) mass is 338 g/mol. The van der Waals surface area contributed by atoms with Gasteiger partial charge in [0.1, 0.15) is 18.2 Å². The average Bonchev–Trinajstić information content (AvgIpc) is 2.44. The zero-order chi connectivity index (χ0) is 14.5. The first kappa shape index (κ1) is 14.3. The maximum absolute atomic E-state index is 13.5. The fraction of sp³-hybridized carbons (Fsp3) is 0.0714. The second-order valence-corrected chi connectivity index (χ2v) is 5.00. The number of hydrogen-bond acceptors (Lipinski definition) is 3. The van der Waals surface area contributed by atoms with E-state index in [4.69, 9.17) is 15.7 Å². The highest BCUT2D eigenvalue weighted by Crippen LogP contribution is 2.19. The second-order valence-electron chi connectivity index (χ2n) is 4.08. The number of amidine groups is 1. The minimum Gasteiger partial charge on any atom is -0.489 e. The predicted molar refractivity (Wildman–Crippen MR) is 77.4 cm³/mol. The summed E-state index contributed by atoms with van der Waals surface area (Å²) in [6.45, 7) is 0.180. The first-order valence-electron chi connectivity index (χ1n) is 5.74. The first-order valence-corrected chi connectivity index (χ1v) is 6.53. The molecule has 0 aliphatic heterocycles. The van der Waals surface area contributed by atoms with E-state index in [2.05, 4.69) is 21.1 Å². The zero-order valence-electron chi connectivity index (χ0n) is 10.4. The molecule has 6 heteroatoms. The van der Waals surface area contributed by atoms with Crippen molar-refractivity contribution in [1.82, 2.24) is 0 Å². The van der Waals surface area contributed by atoms with Gasteiger partial charge in [0.05, 0.1) is 0 Å². The van der Waals surface area contributed by atoms with Crippen molar-refractivity contribution in [3.63, 3.8) is 0 Å². The van der Waals surface area contributed by atoms with Crippen LogP contribution in [-0.4, -0.2) is 11.0 Å². The van der Waals surface area contributed by atoms with Crippen LogP contribution in [0.15, 0.2) is 52.1 Å². The summed E-state index contributed by atoms with van der Waals surface area (Å²) in [4.78, 5) is 0. The molecule has 2 aromatic rings. The van der Waals surface area contributed by atoms with Crippen LogP contribution in [0.5, 0.6) is 5.75 Å². The first-order chi connectivity index (χ1) is 9.58. The topological polar surface area (TPSA) is 67.8 Å². The molecule has 0 saturated heterocycles. The van der Waals surface area contributed by atoms with Crippen molar-refractivity contribution in [2.75, 3.05) is 0 Å². The van der Waals surface area contributed by atoms with Crippen molar-refractivity contribution in [2.45, 2.75) is 6.61 Å². The van der Waals surface area contributed by atoms with Crippen molar-refractivity contribution in [2.24, 2.45) is 10.9 Å². The van der Waals surface area contributed by atoms with Crippen molar-refractivity contribution in [1.29, 1.82) is 0 Å². The molecule has 0 aliphatic rings. The Morgan fingerprint density at radius 2 is 2.10 bits per heavy atom. The Bertz CT molecular complexity index is 647. The van der Waals surface area contributed by atoms with Crippen LogP contribution >= 0.6 is 15.9 Å². The van der Waals surface area contributed by atoms with Crippen molar-refractivity contribution in [3.8, 4) is 5.75 Å². The van der Waals surface area contributed by atoms with E-state index >= 15 is 0 Å². The SMILES string of the molecule is N/C(=N/O)c1cc(F)cc(COc2cccc(Br)c2)c1. The van der Waals surface area contributed by atoms with Gasteiger partial charge in [0.2, 0.25) is 0 Å². The molecule has 0 aliphatic carbocycles. The van der Waals surface area contributed by atoms with Crippen LogP contribution in [0.1, 0.15) is 11.1 Å². The van der Waals surface area contributed by atoms with Crippen LogP contribution in [0.2, 0.25) is 0 Å². The summed E-state index contributed by atoms with van der Waals surface area (Å²) in [6.07, 6.45) is 0. The average molecular weight is 339 g/mol. The van der Waals surface area contributed by atoms with Gasteiger partial charge in [-0.2, -0.15) is 0 Å². The van der Waals surface area contributed by atoms with E-state index in [9.17, 15) is 4.39 Å². The lowest BCUT2D eigenvalue weighted by Gasteiger charge is -2.08. The number of ether oxygens (including phenoxy) is 1. The molecule has 0 aromatic heterocycles. The maximum Gasteiger partial charge on any atom is 0.170 e. The fourth-order valence-corrected chi connectivity index (χ4v) is 2.04. The number of rotatable bonds is 4. The smallest absolute Gasteiger partial charge is 0.170 e. The number of nitrogens with two attached hydrogens (primary N) is 1. The minimum atomic E-state index is -0.470. The van der Waals surface area contributed by atoms with Gasteiger partial charge in [-0.25, -0.2) is 4.39 Å². The maximum atomic E-state index is 13.5. The summed E-state index contributed by atoms with van der Waals surface area (Å²) < 4.78 is 19.9. The molecule has 104 valence electrons. The van der Waals surface area contributed by atoms with Gasteiger partial charge in [0, 0.05) is 10.0 Å². The van der Waals surface area contributed by atoms with Gasteiger partial charge in [-0.1, -0.05) is 27.2 Å². The van der Waals surface area contributed by atoms with Crippen LogP contribution in [0.25, 0.3) is 0 Å². The number of halogens is 2. The molecule has 2 rings (SSSR count). The highest BCUT2D eigenvalue weighted by Gasteiger charge is 2.06. The molecular weight excluding hydrogens is 327 g/mol. The summed E-state index contributed by atoms with van der Waals surface area (Å²) in [5.41, 5.74) is 6.34. The number of nitrogens with zero attached hydrogens (tertiary/aromatic N) is 1. The Morgan fingerprint density at radius 1 is 1.30 bits per heavy atom. The molecule has 0 unspecified atom stereocenters. The van der Waals surface area contributed by atoms with E-state index in [0.717, 1.165) is 4.47 Å². The van der Waals surface area contributed by atoms with Gasteiger partial charge in [-0.15, -0.1) is 0 Å².